The topological polar surface area (TPSA) is 80.7 Å². The number of aliphatic carboxylic acids is 1. The van der Waals surface area contributed by atoms with Gasteiger partial charge < -0.3 is 13.9 Å². The molecule has 5 nitrogen and oxygen atoms in total. The van der Waals surface area contributed by atoms with Gasteiger partial charge in [-0.15, -0.1) is 0 Å². The molecule has 3 aromatic rings. The van der Waals surface area contributed by atoms with E-state index in [-0.39, 0.29) is 12.0 Å². The van der Waals surface area contributed by atoms with Crippen LogP contribution in [0.5, 0.6) is 0 Å². The van der Waals surface area contributed by atoms with E-state index in [4.69, 9.17) is 13.9 Å². The van der Waals surface area contributed by atoms with Gasteiger partial charge in [0, 0.05) is 34.4 Å². The number of furan rings is 1. The number of aryl methyl sites for hydroxylation is 4. The van der Waals surface area contributed by atoms with Gasteiger partial charge in [0.05, 0.1) is 0 Å². The van der Waals surface area contributed by atoms with Gasteiger partial charge in [-0.25, -0.2) is 4.79 Å². The molecule has 3 rings (SSSR count). The fraction of sp³-hybridized carbons (Fsp3) is 0.333. The molecule has 5 heteroatoms. The van der Waals surface area contributed by atoms with Crippen LogP contribution in [-0.4, -0.2) is 11.1 Å². The van der Waals surface area contributed by atoms with Gasteiger partial charge in [-0.05, 0) is 45.2 Å². The van der Waals surface area contributed by atoms with Crippen LogP contribution in [0.25, 0.3) is 21.9 Å². The fourth-order valence-electron chi connectivity index (χ4n) is 3.08. The summed E-state index contributed by atoms with van der Waals surface area (Å²) >= 11 is 0. The first-order chi connectivity index (χ1) is 10.9. The van der Waals surface area contributed by atoms with Crippen LogP contribution in [0.4, 0.5) is 0 Å². The van der Waals surface area contributed by atoms with Crippen molar-refractivity contribution in [2.24, 2.45) is 0 Å². The molecule has 0 radical (unpaired) electrons. The zero-order valence-corrected chi connectivity index (χ0v) is 13.4. The maximum absolute atomic E-state index is 11.6. The predicted octanol–water partition coefficient (Wildman–Crippen LogP) is 3.87. The molecule has 0 aliphatic carbocycles. The number of carboxylic acids is 1. The maximum atomic E-state index is 11.6. The number of carbonyl (C=O) groups is 1. The summed E-state index contributed by atoms with van der Waals surface area (Å²) < 4.78 is 11.2. The Bertz CT molecular complexity index is 975. The highest BCUT2D eigenvalue weighted by Gasteiger charge is 2.17. The molecular weight excluding hydrogens is 296 g/mol. The Morgan fingerprint density at radius 2 is 1.78 bits per heavy atom. The highest BCUT2D eigenvalue weighted by molar-refractivity contribution is 5.99. The van der Waals surface area contributed by atoms with E-state index in [0.29, 0.717) is 24.0 Å². The maximum Gasteiger partial charge on any atom is 0.336 e. The lowest BCUT2D eigenvalue weighted by Gasteiger charge is -2.05. The molecule has 120 valence electrons. The summed E-state index contributed by atoms with van der Waals surface area (Å²) in [6.45, 7) is 5.63. The third-order valence-electron chi connectivity index (χ3n) is 4.24. The summed E-state index contributed by atoms with van der Waals surface area (Å²) in [5.74, 6) is -0.0153. The molecule has 0 amide bonds. The first-order valence-electron chi connectivity index (χ1n) is 7.56. The van der Waals surface area contributed by atoms with Crippen LogP contribution in [-0.2, 0) is 11.2 Å². The van der Waals surface area contributed by atoms with Gasteiger partial charge in [0.15, 0.2) is 0 Å². The van der Waals surface area contributed by atoms with Crippen LogP contribution in [0, 0.1) is 20.8 Å². The van der Waals surface area contributed by atoms with Gasteiger partial charge in [-0.3, -0.25) is 4.79 Å². The lowest BCUT2D eigenvalue weighted by Crippen LogP contribution is -1.99. The first kappa shape index (κ1) is 15.3. The zero-order chi connectivity index (χ0) is 16.7. The summed E-state index contributed by atoms with van der Waals surface area (Å²) in [6, 6.07) is 3.45. The smallest absolute Gasteiger partial charge is 0.336 e. The predicted molar refractivity (Wildman–Crippen MR) is 87.0 cm³/mol. The van der Waals surface area contributed by atoms with Gasteiger partial charge in [-0.1, -0.05) is 0 Å². The minimum Gasteiger partial charge on any atom is -0.481 e. The quantitative estimate of drug-likeness (QED) is 0.739. The molecule has 0 bridgehead atoms. The lowest BCUT2D eigenvalue weighted by molar-refractivity contribution is -0.137. The molecule has 0 atom stereocenters. The SMILES string of the molecule is Cc1oc2c(C)c3oc(=O)cc(C)c3cc2c1CCCC(=O)O. The molecule has 23 heavy (non-hydrogen) atoms. The van der Waals surface area contributed by atoms with E-state index >= 15 is 0 Å². The van der Waals surface area contributed by atoms with Crippen molar-refractivity contribution in [3.63, 3.8) is 0 Å². The van der Waals surface area contributed by atoms with Gasteiger partial charge in [0.2, 0.25) is 0 Å². The molecule has 0 saturated heterocycles. The lowest BCUT2D eigenvalue weighted by atomic mass is 9.99. The van der Waals surface area contributed by atoms with Gasteiger partial charge in [-0.2, -0.15) is 0 Å². The van der Waals surface area contributed by atoms with E-state index in [2.05, 4.69) is 0 Å². The summed E-state index contributed by atoms with van der Waals surface area (Å²) in [6.07, 6.45) is 1.34. The largest absolute Gasteiger partial charge is 0.481 e. The van der Waals surface area contributed by atoms with Crippen molar-refractivity contribution in [3.8, 4) is 0 Å². The van der Waals surface area contributed by atoms with Gasteiger partial charge >= 0.3 is 11.6 Å². The van der Waals surface area contributed by atoms with E-state index in [1.807, 2.05) is 26.8 Å². The van der Waals surface area contributed by atoms with Crippen LogP contribution in [0.15, 0.2) is 25.8 Å². The first-order valence-corrected chi connectivity index (χ1v) is 7.56. The monoisotopic (exact) mass is 314 g/mol. The molecule has 2 heterocycles. The van der Waals surface area contributed by atoms with E-state index in [0.717, 1.165) is 33.2 Å². The molecule has 1 aromatic carbocycles. The Kier molecular flexibility index (Phi) is 3.72. The fourth-order valence-corrected chi connectivity index (χ4v) is 3.08. The molecule has 0 saturated carbocycles. The van der Waals surface area contributed by atoms with E-state index in [1.165, 1.54) is 6.07 Å². The standard InChI is InChI=1S/C18H18O5/c1-9-7-16(21)23-17-10(2)18-14(8-13(9)17)12(11(3)22-18)5-4-6-15(19)20/h7-8H,4-6H2,1-3H3,(H,19,20). The summed E-state index contributed by atoms with van der Waals surface area (Å²) in [5, 5.41) is 10.7. The molecular formula is C18H18O5. The minimum absolute atomic E-state index is 0.132. The molecule has 0 unspecified atom stereocenters. The second-order valence-electron chi connectivity index (χ2n) is 5.89. The number of carboxylic acid groups (broad SMARTS) is 1. The van der Waals surface area contributed by atoms with Crippen molar-refractivity contribution in [1.29, 1.82) is 0 Å². The van der Waals surface area contributed by atoms with Crippen LogP contribution >= 0.6 is 0 Å². The third kappa shape index (κ3) is 2.63. The van der Waals surface area contributed by atoms with E-state index in [1.54, 1.807) is 0 Å². The van der Waals surface area contributed by atoms with Crippen LogP contribution in [0.3, 0.4) is 0 Å². The highest BCUT2D eigenvalue weighted by Crippen LogP contribution is 2.34. The second-order valence-corrected chi connectivity index (χ2v) is 5.89. The Labute approximate surface area is 132 Å². The Balaban J connectivity index is 2.22. The normalized spacial score (nSPS) is 11.4. The molecule has 2 aromatic heterocycles. The Morgan fingerprint density at radius 3 is 2.48 bits per heavy atom. The van der Waals surface area contributed by atoms with Crippen molar-refractivity contribution in [3.05, 3.63) is 45.0 Å². The van der Waals surface area contributed by atoms with Gasteiger partial charge in [0.25, 0.3) is 0 Å². The highest BCUT2D eigenvalue weighted by atomic mass is 16.4. The van der Waals surface area contributed by atoms with Crippen molar-refractivity contribution in [2.45, 2.75) is 40.0 Å². The van der Waals surface area contributed by atoms with Crippen molar-refractivity contribution < 1.29 is 18.7 Å². The molecule has 0 spiro atoms. The van der Waals surface area contributed by atoms with Crippen molar-refractivity contribution in [2.75, 3.05) is 0 Å². The molecule has 1 N–H and O–H groups in total. The van der Waals surface area contributed by atoms with Gasteiger partial charge in [0.1, 0.15) is 16.9 Å². The van der Waals surface area contributed by atoms with Crippen molar-refractivity contribution >= 4 is 27.9 Å². The third-order valence-corrected chi connectivity index (χ3v) is 4.24. The Hall–Kier alpha value is -2.56. The number of hydrogen-bond acceptors (Lipinski definition) is 4. The van der Waals surface area contributed by atoms with Crippen molar-refractivity contribution in [1.82, 2.24) is 0 Å². The average molecular weight is 314 g/mol. The molecule has 0 aliphatic rings. The Morgan fingerprint density at radius 1 is 1.09 bits per heavy atom. The number of benzene rings is 1. The summed E-state index contributed by atoms with van der Waals surface area (Å²) in [7, 11) is 0. The van der Waals surface area contributed by atoms with Crippen LogP contribution in [0.2, 0.25) is 0 Å². The van der Waals surface area contributed by atoms with Crippen LogP contribution in [0.1, 0.15) is 35.3 Å². The zero-order valence-electron chi connectivity index (χ0n) is 13.4. The van der Waals surface area contributed by atoms with Crippen LogP contribution < -0.4 is 5.63 Å². The minimum atomic E-state index is -0.797. The van der Waals surface area contributed by atoms with E-state index in [9.17, 15) is 9.59 Å². The van der Waals surface area contributed by atoms with E-state index < -0.39 is 5.97 Å². The average Bonchev–Trinajstić information content (AvgIpc) is 2.77. The second kappa shape index (κ2) is 5.57. The summed E-state index contributed by atoms with van der Waals surface area (Å²) in [5.41, 5.74) is 3.56. The molecule has 0 fully saturated rings. The molecule has 0 aliphatic heterocycles. The number of hydrogen-bond donors (Lipinski definition) is 1. The number of rotatable bonds is 4. The number of fused-ring (bicyclic) bond motifs is 2. The summed E-state index contributed by atoms with van der Waals surface area (Å²) in [4.78, 5) is 22.3.